The molecule has 0 spiro atoms. The van der Waals surface area contributed by atoms with Gasteiger partial charge in [0.1, 0.15) is 0 Å². The number of aromatic nitrogens is 2. The summed E-state index contributed by atoms with van der Waals surface area (Å²) in [6, 6.07) is 61.7. The van der Waals surface area contributed by atoms with Crippen LogP contribution in [0.15, 0.2) is 158 Å². The molecule has 72 heavy (non-hydrogen) atoms. The van der Waals surface area contributed by atoms with Crippen LogP contribution in [0.2, 0.25) is 0 Å². The summed E-state index contributed by atoms with van der Waals surface area (Å²) in [5.74, 6) is 0. The van der Waals surface area contributed by atoms with Gasteiger partial charge in [0.2, 0.25) is 0 Å². The Balaban J connectivity index is 1.07. The lowest BCUT2D eigenvalue weighted by atomic mass is 9.79. The highest BCUT2D eigenvalue weighted by molar-refractivity contribution is 6.22. The Hall–Kier alpha value is -6.90. The zero-order chi connectivity index (χ0) is 50.8. The Morgan fingerprint density at radius 1 is 0.250 bits per heavy atom. The zero-order valence-corrected chi connectivity index (χ0v) is 45.3. The molecule has 11 rings (SSSR count). The summed E-state index contributed by atoms with van der Waals surface area (Å²) in [6.07, 6.45) is 0. The second kappa shape index (κ2) is 16.8. The molecule has 0 bridgehead atoms. The Kier molecular flexibility index (Phi) is 11.1. The third kappa shape index (κ3) is 7.94. The van der Waals surface area contributed by atoms with E-state index in [-0.39, 0.29) is 21.7 Å². The minimum atomic E-state index is -0.0196. The molecule has 2 heterocycles. The Morgan fingerprint density at radius 3 is 0.806 bits per heavy atom. The third-order valence-electron chi connectivity index (χ3n) is 16.0. The molecule has 362 valence electrons. The molecule has 9 aromatic carbocycles. The molecular weight excluding hydrogens is 869 g/mol. The highest BCUT2D eigenvalue weighted by atomic mass is 15.0. The summed E-state index contributed by atoms with van der Waals surface area (Å²) in [6.45, 7) is 34.2. The van der Waals surface area contributed by atoms with E-state index in [9.17, 15) is 0 Å². The van der Waals surface area contributed by atoms with Crippen LogP contribution >= 0.6 is 0 Å². The predicted molar refractivity (Wildman–Crippen MR) is 315 cm³/mol. The second-order valence-corrected chi connectivity index (χ2v) is 24.8. The first-order chi connectivity index (χ1) is 34.1. The molecule has 0 fully saturated rings. The Labute approximate surface area is 428 Å². The standard InChI is InChI=1S/C70H72N2/c1-15-71-61-33-25-47(37-55(61)57-39-51(69(9,10)11)29-35-63(57)71)43-17-21-45(22-18-43)65-53-31-27-50(68(6,7)8)42-60(53)66(54-32-28-49(41-59(54)65)67(3,4)5)46-23-19-44(20-24-46)48-26-34-62-56(38-48)58-40-52(70(12,13)14)30-36-64(58)72(62)16-2/h17-42H,15-16H2,1-14H3. The van der Waals surface area contributed by atoms with E-state index in [0.29, 0.717) is 0 Å². The molecule has 0 aliphatic carbocycles. The summed E-state index contributed by atoms with van der Waals surface area (Å²) >= 11 is 0. The van der Waals surface area contributed by atoms with Gasteiger partial charge in [0.15, 0.2) is 0 Å². The Morgan fingerprint density at radius 2 is 0.500 bits per heavy atom. The number of hydrogen-bond acceptors (Lipinski definition) is 0. The quantitative estimate of drug-likeness (QED) is 0.147. The average Bonchev–Trinajstić information content (AvgIpc) is 3.84. The van der Waals surface area contributed by atoms with E-state index in [2.05, 4.69) is 264 Å². The number of hydrogen-bond donors (Lipinski definition) is 0. The van der Waals surface area contributed by atoms with E-state index < -0.39 is 0 Å². The smallest absolute Gasteiger partial charge is 0.0491 e. The lowest BCUT2D eigenvalue weighted by Crippen LogP contribution is -2.11. The van der Waals surface area contributed by atoms with Crippen molar-refractivity contribution in [3.63, 3.8) is 0 Å². The van der Waals surface area contributed by atoms with Crippen LogP contribution in [-0.2, 0) is 34.7 Å². The van der Waals surface area contributed by atoms with Gasteiger partial charge in [-0.2, -0.15) is 0 Å². The van der Waals surface area contributed by atoms with Gasteiger partial charge in [-0.05, 0) is 184 Å². The molecule has 2 aromatic heterocycles. The minimum Gasteiger partial charge on any atom is -0.341 e. The largest absolute Gasteiger partial charge is 0.341 e. The summed E-state index contributed by atoms with van der Waals surface area (Å²) in [5.41, 5.74) is 20.7. The van der Waals surface area contributed by atoms with Gasteiger partial charge in [0.25, 0.3) is 0 Å². The van der Waals surface area contributed by atoms with E-state index in [1.807, 2.05) is 0 Å². The van der Waals surface area contributed by atoms with E-state index >= 15 is 0 Å². The van der Waals surface area contributed by atoms with E-state index in [4.69, 9.17) is 0 Å². The topological polar surface area (TPSA) is 9.86 Å². The fourth-order valence-electron chi connectivity index (χ4n) is 11.6. The molecule has 0 saturated heterocycles. The van der Waals surface area contributed by atoms with Gasteiger partial charge in [0, 0.05) is 56.7 Å². The first-order valence-corrected chi connectivity index (χ1v) is 26.5. The molecule has 0 aliphatic heterocycles. The maximum Gasteiger partial charge on any atom is 0.0491 e. The first-order valence-electron chi connectivity index (χ1n) is 26.5. The summed E-state index contributed by atoms with van der Waals surface area (Å²) in [5, 5.41) is 10.5. The van der Waals surface area contributed by atoms with Gasteiger partial charge in [-0.3, -0.25) is 0 Å². The molecule has 2 nitrogen and oxygen atoms in total. The highest BCUT2D eigenvalue weighted by Gasteiger charge is 2.24. The van der Waals surface area contributed by atoms with Gasteiger partial charge >= 0.3 is 0 Å². The third-order valence-corrected chi connectivity index (χ3v) is 16.0. The van der Waals surface area contributed by atoms with Crippen LogP contribution in [0.5, 0.6) is 0 Å². The van der Waals surface area contributed by atoms with E-state index in [1.165, 1.54) is 132 Å². The number of aryl methyl sites for hydroxylation is 2. The van der Waals surface area contributed by atoms with Crippen molar-refractivity contribution < 1.29 is 0 Å². The normalized spacial score (nSPS) is 13.0. The molecule has 0 unspecified atom stereocenters. The predicted octanol–water partition coefficient (Wildman–Crippen LogP) is 20.1. The number of fused-ring (bicyclic) bond motifs is 8. The van der Waals surface area contributed by atoms with Crippen molar-refractivity contribution in [2.45, 2.75) is 132 Å². The van der Waals surface area contributed by atoms with E-state index in [1.54, 1.807) is 0 Å². The Bertz CT molecular complexity index is 3670. The van der Waals surface area contributed by atoms with Crippen LogP contribution in [0.3, 0.4) is 0 Å². The van der Waals surface area contributed by atoms with Crippen LogP contribution in [-0.4, -0.2) is 9.13 Å². The van der Waals surface area contributed by atoms with Crippen molar-refractivity contribution in [3.8, 4) is 44.5 Å². The molecule has 2 heteroatoms. The molecule has 11 aromatic rings. The van der Waals surface area contributed by atoms with Crippen LogP contribution in [0.4, 0.5) is 0 Å². The van der Waals surface area contributed by atoms with Crippen molar-refractivity contribution in [2.24, 2.45) is 0 Å². The van der Waals surface area contributed by atoms with Crippen LogP contribution in [0, 0.1) is 0 Å². The maximum atomic E-state index is 2.49. The monoisotopic (exact) mass is 941 g/mol. The lowest BCUT2D eigenvalue weighted by Gasteiger charge is -2.25. The molecule has 0 saturated carbocycles. The SMILES string of the molecule is CCn1c2ccc(-c3ccc(-c4c5ccc(C(C)(C)C)cc5c(-c5ccc(-c6ccc7c(c6)c6cc(C(C)(C)C)ccc6n7CC)cc5)c5ccc(C(C)(C)C)cc45)cc3)cc2c2cc(C(C)(C)C)ccc21. The first kappa shape index (κ1) is 47.4. The fraction of sp³-hybridized carbons (Fsp3) is 0.286. The second-order valence-electron chi connectivity index (χ2n) is 24.8. The van der Waals surface area contributed by atoms with Crippen molar-refractivity contribution in [1.82, 2.24) is 9.13 Å². The maximum absolute atomic E-state index is 2.49. The van der Waals surface area contributed by atoms with Crippen molar-refractivity contribution in [3.05, 3.63) is 180 Å². The molecule has 0 amide bonds. The minimum absolute atomic E-state index is 0.0196. The summed E-state index contributed by atoms with van der Waals surface area (Å²) in [4.78, 5) is 0. The molecule has 0 radical (unpaired) electrons. The van der Waals surface area contributed by atoms with Crippen molar-refractivity contribution >= 4 is 65.2 Å². The highest BCUT2D eigenvalue weighted by Crippen LogP contribution is 2.47. The number of rotatable bonds is 6. The van der Waals surface area contributed by atoms with Crippen molar-refractivity contribution in [1.29, 1.82) is 0 Å². The van der Waals surface area contributed by atoms with Gasteiger partial charge < -0.3 is 9.13 Å². The van der Waals surface area contributed by atoms with Crippen molar-refractivity contribution in [2.75, 3.05) is 0 Å². The summed E-state index contributed by atoms with van der Waals surface area (Å²) < 4.78 is 4.93. The van der Waals surface area contributed by atoms with Gasteiger partial charge in [-0.15, -0.1) is 0 Å². The molecular formula is C70H72N2. The molecule has 0 N–H and O–H groups in total. The fourth-order valence-corrected chi connectivity index (χ4v) is 11.6. The van der Waals surface area contributed by atoms with Crippen LogP contribution in [0.1, 0.15) is 119 Å². The number of nitrogens with zero attached hydrogens (tertiary/aromatic N) is 2. The molecule has 0 aliphatic rings. The summed E-state index contributed by atoms with van der Waals surface area (Å²) in [7, 11) is 0. The number of benzene rings is 9. The van der Waals surface area contributed by atoms with Gasteiger partial charge in [-0.1, -0.05) is 180 Å². The lowest BCUT2D eigenvalue weighted by molar-refractivity contribution is 0.590. The molecule has 0 atom stereocenters. The van der Waals surface area contributed by atoms with Crippen LogP contribution < -0.4 is 0 Å². The van der Waals surface area contributed by atoms with Gasteiger partial charge in [0.05, 0.1) is 0 Å². The zero-order valence-electron chi connectivity index (χ0n) is 45.3. The van der Waals surface area contributed by atoms with Gasteiger partial charge in [-0.25, -0.2) is 0 Å². The van der Waals surface area contributed by atoms with E-state index in [0.717, 1.165) is 13.1 Å². The van der Waals surface area contributed by atoms with Crippen LogP contribution in [0.25, 0.3) is 110 Å². The average molecular weight is 941 g/mol.